The third-order valence-electron chi connectivity index (χ3n) is 2.50. The molecule has 6 heteroatoms. The number of methoxy groups -OCH3 is 1. The normalized spacial score (nSPS) is 9.95. The van der Waals surface area contributed by atoms with Crippen molar-refractivity contribution in [3.63, 3.8) is 0 Å². The summed E-state index contributed by atoms with van der Waals surface area (Å²) in [5, 5.41) is 0. The van der Waals surface area contributed by atoms with Crippen molar-refractivity contribution in [2.45, 2.75) is 17.0 Å². The van der Waals surface area contributed by atoms with Crippen LogP contribution in [0.1, 0.15) is 17.0 Å². The Morgan fingerprint density at radius 1 is 1.45 bits per heavy atom. The molecule has 1 aromatic heterocycles. The Kier molecular flexibility index (Phi) is 5.41. The maximum absolute atomic E-state index is 5.43. The van der Waals surface area contributed by atoms with E-state index in [4.69, 9.17) is 10.5 Å². The number of thioether (sulfide) groups is 1. The lowest BCUT2D eigenvalue weighted by Gasteiger charge is -2.06. The zero-order valence-electron chi connectivity index (χ0n) is 11.3. The van der Waals surface area contributed by atoms with E-state index < -0.39 is 0 Å². The van der Waals surface area contributed by atoms with Crippen molar-refractivity contribution in [1.82, 2.24) is 9.36 Å². The SMILES string of the molecule is COc1ccc(C#CCN)c(CSc2nc(C)ns2)c1. The van der Waals surface area contributed by atoms with Crippen LogP contribution in [0.4, 0.5) is 0 Å². The van der Waals surface area contributed by atoms with Crippen LogP contribution in [-0.2, 0) is 5.75 Å². The second-order valence-electron chi connectivity index (χ2n) is 3.93. The van der Waals surface area contributed by atoms with Gasteiger partial charge in [0.2, 0.25) is 0 Å². The molecular weight excluding hydrogens is 290 g/mol. The van der Waals surface area contributed by atoms with E-state index in [1.54, 1.807) is 18.9 Å². The number of nitrogens with zero attached hydrogens (tertiary/aromatic N) is 2. The molecule has 1 heterocycles. The molecule has 0 aliphatic rings. The van der Waals surface area contributed by atoms with Crippen LogP contribution < -0.4 is 10.5 Å². The molecule has 20 heavy (non-hydrogen) atoms. The van der Waals surface area contributed by atoms with Crippen LogP contribution in [0.3, 0.4) is 0 Å². The number of aromatic nitrogens is 2. The van der Waals surface area contributed by atoms with Gasteiger partial charge in [-0.2, -0.15) is 4.37 Å². The molecule has 0 spiro atoms. The standard InChI is InChI=1S/C14H15N3OS2/c1-10-16-14(20-17-10)19-9-12-8-13(18-2)6-5-11(12)4-3-7-15/h5-6,8H,7,9,15H2,1-2H3. The van der Waals surface area contributed by atoms with Crippen LogP contribution in [0, 0.1) is 18.8 Å². The zero-order valence-corrected chi connectivity index (χ0v) is 13.0. The lowest BCUT2D eigenvalue weighted by atomic mass is 10.1. The summed E-state index contributed by atoms with van der Waals surface area (Å²) in [4.78, 5) is 4.34. The highest BCUT2D eigenvalue weighted by molar-refractivity contribution is 8.00. The van der Waals surface area contributed by atoms with Gasteiger partial charge in [-0.25, -0.2) is 4.98 Å². The van der Waals surface area contributed by atoms with E-state index in [1.807, 2.05) is 25.1 Å². The first-order chi connectivity index (χ1) is 9.72. The summed E-state index contributed by atoms with van der Waals surface area (Å²) in [6.45, 7) is 2.25. The van der Waals surface area contributed by atoms with E-state index in [2.05, 4.69) is 21.2 Å². The highest BCUT2D eigenvalue weighted by Gasteiger charge is 2.06. The van der Waals surface area contributed by atoms with Gasteiger partial charge in [0.1, 0.15) is 11.6 Å². The summed E-state index contributed by atoms with van der Waals surface area (Å²) < 4.78 is 10.4. The maximum Gasteiger partial charge on any atom is 0.170 e. The highest BCUT2D eigenvalue weighted by atomic mass is 32.2. The van der Waals surface area contributed by atoms with E-state index in [9.17, 15) is 0 Å². The third-order valence-corrected chi connectivity index (χ3v) is 4.47. The average Bonchev–Trinajstić information content (AvgIpc) is 2.89. The Balaban J connectivity index is 2.18. The zero-order chi connectivity index (χ0) is 14.4. The van der Waals surface area contributed by atoms with Crippen LogP contribution in [-0.4, -0.2) is 23.0 Å². The van der Waals surface area contributed by atoms with Crippen molar-refractivity contribution >= 4 is 23.3 Å². The van der Waals surface area contributed by atoms with Gasteiger partial charge in [0.15, 0.2) is 4.34 Å². The van der Waals surface area contributed by atoms with Crippen LogP contribution in [0.25, 0.3) is 0 Å². The van der Waals surface area contributed by atoms with E-state index in [-0.39, 0.29) is 0 Å². The second-order valence-corrected chi connectivity index (χ2v) is 5.90. The lowest BCUT2D eigenvalue weighted by Crippen LogP contribution is -1.95. The molecule has 0 saturated carbocycles. The molecule has 0 amide bonds. The average molecular weight is 305 g/mol. The summed E-state index contributed by atoms with van der Waals surface area (Å²) in [6.07, 6.45) is 0. The van der Waals surface area contributed by atoms with Crippen molar-refractivity contribution in [2.24, 2.45) is 5.73 Å². The number of aryl methyl sites for hydroxylation is 1. The van der Waals surface area contributed by atoms with Gasteiger partial charge in [-0.05, 0) is 42.2 Å². The minimum atomic E-state index is 0.355. The lowest BCUT2D eigenvalue weighted by molar-refractivity contribution is 0.414. The van der Waals surface area contributed by atoms with Gasteiger partial charge >= 0.3 is 0 Å². The number of hydrogen-bond acceptors (Lipinski definition) is 6. The van der Waals surface area contributed by atoms with Gasteiger partial charge in [0.25, 0.3) is 0 Å². The van der Waals surface area contributed by atoms with Gasteiger partial charge in [0, 0.05) is 11.3 Å². The van der Waals surface area contributed by atoms with Crippen LogP contribution in [0.2, 0.25) is 0 Å². The molecule has 0 fully saturated rings. The Morgan fingerprint density at radius 3 is 2.95 bits per heavy atom. The largest absolute Gasteiger partial charge is 0.497 e. The maximum atomic E-state index is 5.43. The van der Waals surface area contributed by atoms with Crippen molar-refractivity contribution < 1.29 is 4.74 Å². The fourth-order valence-corrected chi connectivity index (χ4v) is 3.20. The van der Waals surface area contributed by atoms with Crippen molar-refractivity contribution in [2.75, 3.05) is 13.7 Å². The minimum absolute atomic E-state index is 0.355. The smallest absolute Gasteiger partial charge is 0.170 e. The Morgan fingerprint density at radius 2 is 2.30 bits per heavy atom. The molecule has 1 aromatic carbocycles. The van der Waals surface area contributed by atoms with Gasteiger partial charge in [-0.15, -0.1) is 0 Å². The number of nitrogens with two attached hydrogens (primary N) is 1. The molecule has 0 saturated heterocycles. The van der Waals surface area contributed by atoms with Crippen LogP contribution >= 0.6 is 23.3 Å². The Hall–Kier alpha value is -1.55. The predicted octanol–water partition coefficient (Wildman–Crippen LogP) is 2.46. The Bertz CT molecular complexity index is 643. The summed E-state index contributed by atoms with van der Waals surface area (Å²) in [6, 6.07) is 5.87. The quantitative estimate of drug-likeness (QED) is 0.694. The van der Waals surface area contributed by atoms with E-state index in [1.165, 1.54) is 11.5 Å². The molecule has 2 rings (SSSR count). The number of ether oxygens (including phenoxy) is 1. The molecule has 0 aliphatic carbocycles. The Labute approximate surface area is 126 Å². The van der Waals surface area contributed by atoms with Gasteiger partial charge < -0.3 is 10.5 Å². The molecule has 2 aromatic rings. The van der Waals surface area contributed by atoms with E-state index in [0.717, 1.165) is 32.8 Å². The number of hydrogen-bond donors (Lipinski definition) is 1. The molecule has 4 nitrogen and oxygen atoms in total. The van der Waals surface area contributed by atoms with Gasteiger partial charge in [-0.3, -0.25) is 0 Å². The summed E-state index contributed by atoms with van der Waals surface area (Å²) in [7, 11) is 1.66. The fraction of sp³-hybridized carbons (Fsp3) is 0.286. The summed E-state index contributed by atoms with van der Waals surface area (Å²) in [5.74, 6) is 8.39. The molecule has 0 bridgehead atoms. The summed E-state index contributed by atoms with van der Waals surface area (Å²) in [5.41, 5.74) is 7.52. The highest BCUT2D eigenvalue weighted by Crippen LogP contribution is 2.27. The molecule has 0 radical (unpaired) electrons. The first-order valence-corrected chi connectivity index (χ1v) is 7.78. The first kappa shape index (κ1) is 14.9. The topological polar surface area (TPSA) is 61.0 Å². The molecule has 0 atom stereocenters. The molecule has 104 valence electrons. The molecule has 2 N–H and O–H groups in total. The first-order valence-electron chi connectivity index (χ1n) is 6.02. The predicted molar refractivity (Wildman–Crippen MR) is 83.1 cm³/mol. The number of rotatable bonds is 4. The molecule has 0 aliphatic heterocycles. The van der Waals surface area contributed by atoms with Crippen LogP contribution in [0.15, 0.2) is 22.5 Å². The van der Waals surface area contributed by atoms with E-state index in [0.29, 0.717) is 6.54 Å². The summed E-state index contributed by atoms with van der Waals surface area (Å²) >= 11 is 3.07. The molecule has 0 unspecified atom stereocenters. The fourth-order valence-electron chi connectivity index (χ4n) is 1.56. The van der Waals surface area contributed by atoms with Crippen LogP contribution in [0.5, 0.6) is 5.75 Å². The third kappa shape index (κ3) is 3.97. The number of benzene rings is 1. The van der Waals surface area contributed by atoms with Crippen molar-refractivity contribution in [3.8, 4) is 17.6 Å². The van der Waals surface area contributed by atoms with Gasteiger partial charge in [-0.1, -0.05) is 23.6 Å². The monoisotopic (exact) mass is 305 g/mol. The molecular formula is C14H15N3OS2. The van der Waals surface area contributed by atoms with Crippen molar-refractivity contribution in [3.05, 3.63) is 35.2 Å². The van der Waals surface area contributed by atoms with Crippen molar-refractivity contribution in [1.29, 1.82) is 0 Å². The van der Waals surface area contributed by atoms with Gasteiger partial charge in [0.05, 0.1) is 13.7 Å². The minimum Gasteiger partial charge on any atom is -0.497 e. The van der Waals surface area contributed by atoms with E-state index >= 15 is 0 Å². The second kappa shape index (κ2) is 7.29.